The highest BCUT2D eigenvalue weighted by Crippen LogP contribution is 2.48. The maximum atomic E-state index is 14.9. The van der Waals surface area contributed by atoms with E-state index >= 15 is 0 Å². The maximum absolute atomic E-state index is 14.9. The molecule has 0 saturated carbocycles. The molecule has 2 N–H and O–H groups in total. The fraction of sp³-hybridized carbons (Fsp3) is 0.200. The van der Waals surface area contributed by atoms with Gasteiger partial charge in [0.15, 0.2) is 0 Å². The van der Waals surface area contributed by atoms with Gasteiger partial charge in [-0.05, 0) is 41.7 Å². The van der Waals surface area contributed by atoms with Crippen LogP contribution in [0, 0.1) is 5.82 Å². The smallest absolute Gasteiger partial charge is 0.259 e. The molecule has 0 radical (unpaired) electrons. The third kappa shape index (κ3) is 2.03. The Kier molecular flexibility index (Phi) is 3.21. The normalized spacial score (nSPS) is 17.1. The van der Waals surface area contributed by atoms with Gasteiger partial charge in [0.1, 0.15) is 5.82 Å². The molecule has 7 rings (SSSR count). The number of aryl methyl sites for hydroxylation is 1. The number of halogens is 2. The quantitative estimate of drug-likeness (QED) is 0.266. The highest BCUT2D eigenvalue weighted by molar-refractivity contribution is 9.10. The number of H-pyrrole nitrogens is 1. The van der Waals surface area contributed by atoms with Crippen LogP contribution >= 0.6 is 15.9 Å². The summed E-state index contributed by atoms with van der Waals surface area (Å²) in [5, 5.41) is 5.44. The molecule has 158 valence electrons. The number of hydrogen-bond acceptors (Lipinski definition) is 2. The molecule has 5 nitrogen and oxygen atoms in total. The Balaban J connectivity index is 1.86. The SMILES string of the molecule is CC1(C)CCn2c3c1cc(F)cc3c1c3c(c4c5ccc(Br)cc5[nH]c4c12)C(=O)NC3=O. The van der Waals surface area contributed by atoms with Gasteiger partial charge in [0.2, 0.25) is 0 Å². The number of amides is 2. The summed E-state index contributed by atoms with van der Waals surface area (Å²) < 4.78 is 18.0. The van der Waals surface area contributed by atoms with Gasteiger partial charge in [-0.2, -0.15) is 0 Å². The van der Waals surface area contributed by atoms with E-state index in [1.54, 1.807) is 6.07 Å². The molecule has 2 aliphatic heterocycles. The van der Waals surface area contributed by atoms with Crippen LogP contribution in [0.5, 0.6) is 0 Å². The standard InChI is InChI=1S/C25H17BrFN3O2/c1-25(2)5-6-30-21-13(8-11(27)9-14(21)25)17-19-18(23(31)29-24(19)32)16-12-4-3-10(26)7-15(12)28-20(16)22(17)30/h3-4,7-9,28H,5-6H2,1-2H3,(H,29,31,32). The fourth-order valence-corrected chi connectivity index (χ4v) is 6.13. The van der Waals surface area contributed by atoms with Crippen molar-refractivity contribution in [2.75, 3.05) is 0 Å². The zero-order valence-electron chi connectivity index (χ0n) is 17.3. The van der Waals surface area contributed by atoms with E-state index in [1.807, 2.05) is 18.2 Å². The van der Waals surface area contributed by atoms with Crippen molar-refractivity contribution in [2.24, 2.45) is 0 Å². The second kappa shape index (κ2) is 5.59. The summed E-state index contributed by atoms with van der Waals surface area (Å²) in [5.41, 5.74) is 4.93. The summed E-state index contributed by atoms with van der Waals surface area (Å²) in [7, 11) is 0. The van der Waals surface area contributed by atoms with E-state index < -0.39 is 11.8 Å². The van der Waals surface area contributed by atoms with E-state index in [0.29, 0.717) is 21.9 Å². The van der Waals surface area contributed by atoms with Gasteiger partial charge in [-0.1, -0.05) is 35.8 Å². The molecule has 4 heterocycles. The van der Waals surface area contributed by atoms with Gasteiger partial charge in [-0.3, -0.25) is 14.9 Å². The second-order valence-electron chi connectivity index (χ2n) is 9.46. The van der Waals surface area contributed by atoms with Crippen LogP contribution in [0.15, 0.2) is 34.8 Å². The summed E-state index contributed by atoms with van der Waals surface area (Å²) in [6, 6.07) is 8.96. The van der Waals surface area contributed by atoms with Crippen LogP contribution in [-0.4, -0.2) is 21.4 Å². The van der Waals surface area contributed by atoms with Gasteiger partial charge in [0.05, 0.1) is 27.7 Å². The molecule has 0 unspecified atom stereocenters. The zero-order chi connectivity index (χ0) is 22.1. The third-order valence-corrected chi connectivity index (χ3v) is 7.73. The topological polar surface area (TPSA) is 66.9 Å². The van der Waals surface area contributed by atoms with Gasteiger partial charge in [0.25, 0.3) is 11.8 Å². The molecular weight excluding hydrogens is 473 g/mol. The first-order valence-corrected chi connectivity index (χ1v) is 11.3. The number of hydrogen-bond donors (Lipinski definition) is 2. The van der Waals surface area contributed by atoms with Crippen molar-refractivity contribution < 1.29 is 14.0 Å². The van der Waals surface area contributed by atoms with E-state index in [2.05, 4.69) is 44.6 Å². The molecule has 3 aromatic carbocycles. The average Bonchev–Trinajstić information content (AvgIpc) is 3.34. The van der Waals surface area contributed by atoms with E-state index in [4.69, 9.17) is 0 Å². The molecule has 5 aromatic rings. The van der Waals surface area contributed by atoms with Crippen LogP contribution in [0.1, 0.15) is 46.5 Å². The first kappa shape index (κ1) is 18.4. The predicted octanol–water partition coefficient (Wildman–Crippen LogP) is 5.90. The third-order valence-electron chi connectivity index (χ3n) is 7.24. The molecule has 7 heteroatoms. The van der Waals surface area contributed by atoms with Crippen molar-refractivity contribution in [1.82, 2.24) is 14.9 Å². The van der Waals surface area contributed by atoms with Crippen LogP contribution in [0.3, 0.4) is 0 Å². The van der Waals surface area contributed by atoms with Crippen molar-refractivity contribution in [3.05, 3.63) is 57.3 Å². The first-order valence-electron chi connectivity index (χ1n) is 10.5. The summed E-state index contributed by atoms with van der Waals surface area (Å²) in [6.07, 6.45) is 0.845. The number of benzene rings is 3. The predicted molar refractivity (Wildman–Crippen MR) is 126 cm³/mol. The van der Waals surface area contributed by atoms with Gasteiger partial charge >= 0.3 is 0 Å². The van der Waals surface area contributed by atoms with Gasteiger partial charge in [-0.15, -0.1) is 0 Å². The summed E-state index contributed by atoms with van der Waals surface area (Å²) in [6.45, 7) is 4.99. The Morgan fingerprint density at radius 3 is 2.53 bits per heavy atom. The molecule has 2 aromatic heterocycles. The molecule has 0 spiro atoms. The van der Waals surface area contributed by atoms with Crippen molar-refractivity contribution in [3.8, 4) is 0 Å². The van der Waals surface area contributed by atoms with Gasteiger partial charge < -0.3 is 9.55 Å². The molecule has 32 heavy (non-hydrogen) atoms. The molecular formula is C25H17BrFN3O2. The van der Waals surface area contributed by atoms with E-state index in [0.717, 1.165) is 55.8 Å². The highest BCUT2D eigenvalue weighted by atomic mass is 79.9. The number of imide groups is 1. The monoisotopic (exact) mass is 489 g/mol. The second-order valence-corrected chi connectivity index (χ2v) is 10.4. The lowest BCUT2D eigenvalue weighted by molar-refractivity contribution is 0.0880. The summed E-state index contributed by atoms with van der Waals surface area (Å²) >= 11 is 3.52. The van der Waals surface area contributed by atoms with Crippen molar-refractivity contribution in [2.45, 2.75) is 32.2 Å². The lowest BCUT2D eigenvalue weighted by atomic mass is 9.78. The maximum Gasteiger partial charge on any atom is 0.259 e. The number of fused-ring (bicyclic) bond motifs is 10. The number of carbonyl (C=O) groups excluding carboxylic acids is 2. The number of nitrogens with one attached hydrogen (secondary N) is 2. The minimum Gasteiger partial charge on any atom is -0.353 e. The zero-order valence-corrected chi connectivity index (χ0v) is 18.9. The molecule has 0 bridgehead atoms. The molecule has 2 amide bonds. The number of aromatic amines is 1. The van der Waals surface area contributed by atoms with Crippen LogP contribution in [-0.2, 0) is 12.0 Å². The number of aromatic nitrogens is 2. The molecule has 0 atom stereocenters. The van der Waals surface area contributed by atoms with Crippen molar-refractivity contribution in [1.29, 1.82) is 0 Å². The van der Waals surface area contributed by atoms with Crippen LogP contribution in [0.2, 0.25) is 0 Å². The molecule has 0 saturated heterocycles. The van der Waals surface area contributed by atoms with Crippen molar-refractivity contribution in [3.63, 3.8) is 0 Å². The molecule has 0 aliphatic carbocycles. The lowest BCUT2D eigenvalue weighted by Crippen LogP contribution is -2.25. The first-order chi connectivity index (χ1) is 15.3. The number of rotatable bonds is 0. The minimum absolute atomic E-state index is 0.198. The number of carbonyl (C=O) groups is 2. The summed E-state index contributed by atoms with van der Waals surface area (Å²) in [5.74, 6) is -1.17. The van der Waals surface area contributed by atoms with E-state index in [1.165, 1.54) is 6.07 Å². The average molecular weight is 490 g/mol. The Morgan fingerprint density at radius 1 is 1.00 bits per heavy atom. The Hall–Kier alpha value is -3.19. The molecule has 0 fully saturated rings. The lowest BCUT2D eigenvalue weighted by Gasteiger charge is -2.32. The fourth-order valence-electron chi connectivity index (χ4n) is 5.77. The Morgan fingerprint density at radius 2 is 1.75 bits per heavy atom. The van der Waals surface area contributed by atoms with Crippen LogP contribution in [0.4, 0.5) is 4.39 Å². The van der Waals surface area contributed by atoms with Gasteiger partial charge in [-0.25, -0.2) is 4.39 Å². The van der Waals surface area contributed by atoms with Gasteiger partial charge in [0, 0.05) is 38.1 Å². The van der Waals surface area contributed by atoms with Crippen LogP contribution in [0.25, 0.3) is 43.6 Å². The molecule has 2 aliphatic rings. The summed E-state index contributed by atoms with van der Waals surface area (Å²) in [4.78, 5) is 29.5. The van der Waals surface area contributed by atoms with Crippen LogP contribution < -0.4 is 5.32 Å². The van der Waals surface area contributed by atoms with E-state index in [9.17, 15) is 14.0 Å². The Labute approximate surface area is 189 Å². The number of nitrogens with zero attached hydrogens (tertiary/aromatic N) is 1. The van der Waals surface area contributed by atoms with Crippen molar-refractivity contribution >= 4 is 71.4 Å². The highest BCUT2D eigenvalue weighted by Gasteiger charge is 2.38. The minimum atomic E-state index is -0.424. The Bertz CT molecular complexity index is 1740. The van der Waals surface area contributed by atoms with E-state index in [-0.39, 0.29) is 11.2 Å². The largest absolute Gasteiger partial charge is 0.353 e.